The summed E-state index contributed by atoms with van der Waals surface area (Å²) in [4.78, 5) is 10.7. The zero-order chi connectivity index (χ0) is 13.9. The third-order valence-corrected chi connectivity index (χ3v) is 3.80. The van der Waals surface area contributed by atoms with Gasteiger partial charge in [0.1, 0.15) is 5.69 Å². The monoisotopic (exact) mass is 264 g/mol. The molecule has 0 spiro atoms. The highest BCUT2D eigenvalue weighted by Gasteiger charge is 2.41. The summed E-state index contributed by atoms with van der Waals surface area (Å²) in [6, 6.07) is 5.16. The molecule has 1 aliphatic rings. The standard InChI is InChI=1S/C14H20N2O3/c1-11-3-4-13(16(17)18)12(9-11)15-10-14(5-6-14)7-8-19-2/h3-4,9,15H,5-8,10H2,1-2H3. The maximum absolute atomic E-state index is 11.0. The Hall–Kier alpha value is -1.62. The van der Waals surface area contributed by atoms with E-state index in [1.54, 1.807) is 19.2 Å². The third-order valence-electron chi connectivity index (χ3n) is 3.80. The molecule has 2 rings (SSSR count). The molecule has 1 N–H and O–H groups in total. The summed E-state index contributed by atoms with van der Waals surface area (Å²) in [6.07, 6.45) is 3.35. The minimum Gasteiger partial charge on any atom is -0.385 e. The molecular formula is C14H20N2O3. The lowest BCUT2D eigenvalue weighted by atomic mass is 10.0. The second kappa shape index (κ2) is 5.57. The van der Waals surface area contributed by atoms with E-state index >= 15 is 0 Å². The fourth-order valence-corrected chi connectivity index (χ4v) is 2.24. The first-order chi connectivity index (χ1) is 9.06. The van der Waals surface area contributed by atoms with Crippen LogP contribution in [0.3, 0.4) is 0 Å². The first-order valence-corrected chi connectivity index (χ1v) is 6.54. The van der Waals surface area contributed by atoms with Crippen LogP contribution in [0.4, 0.5) is 11.4 Å². The highest BCUT2D eigenvalue weighted by molar-refractivity contribution is 5.62. The molecule has 1 fully saturated rings. The lowest BCUT2D eigenvalue weighted by Gasteiger charge is -2.16. The minimum absolute atomic E-state index is 0.146. The second-order valence-electron chi connectivity index (χ2n) is 5.37. The van der Waals surface area contributed by atoms with Crippen molar-refractivity contribution in [2.75, 3.05) is 25.6 Å². The SMILES string of the molecule is COCCC1(CNc2cc(C)ccc2[N+](=O)[O-])CC1. The van der Waals surface area contributed by atoms with Crippen molar-refractivity contribution in [3.63, 3.8) is 0 Å². The van der Waals surface area contributed by atoms with Gasteiger partial charge in [-0.15, -0.1) is 0 Å². The molecule has 0 unspecified atom stereocenters. The smallest absolute Gasteiger partial charge is 0.292 e. The molecular weight excluding hydrogens is 244 g/mol. The van der Waals surface area contributed by atoms with Crippen LogP contribution in [0.2, 0.25) is 0 Å². The van der Waals surface area contributed by atoms with Gasteiger partial charge in [0.2, 0.25) is 0 Å². The van der Waals surface area contributed by atoms with E-state index in [1.165, 1.54) is 12.8 Å². The van der Waals surface area contributed by atoms with Gasteiger partial charge in [-0.2, -0.15) is 0 Å². The average Bonchev–Trinajstić information content (AvgIpc) is 3.14. The van der Waals surface area contributed by atoms with Crippen LogP contribution in [-0.4, -0.2) is 25.2 Å². The van der Waals surface area contributed by atoms with Gasteiger partial charge in [-0.3, -0.25) is 10.1 Å². The molecule has 5 heteroatoms. The van der Waals surface area contributed by atoms with E-state index in [0.717, 1.165) is 25.1 Å². The Bertz CT molecular complexity index is 470. The van der Waals surface area contributed by atoms with E-state index in [2.05, 4.69) is 5.32 Å². The Morgan fingerprint density at radius 3 is 2.79 bits per heavy atom. The molecule has 19 heavy (non-hydrogen) atoms. The highest BCUT2D eigenvalue weighted by atomic mass is 16.6. The van der Waals surface area contributed by atoms with Crippen molar-refractivity contribution in [1.29, 1.82) is 0 Å². The Balaban J connectivity index is 2.03. The van der Waals surface area contributed by atoms with Gasteiger partial charge < -0.3 is 10.1 Å². The highest BCUT2D eigenvalue weighted by Crippen LogP contribution is 2.49. The predicted octanol–water partition coefficient (Wildman–Crippen LogP) is 3.13. The Morgan fingerprint density at radius 1 is 1.47 bits per heavy atom. The zero-order valence-electron chi connectivity index (χ0n) is 11.4. The van der Waals surface area contributed by atoms with E-state index in [-0.39, 0.29) is 16.0 Å². The van der Waals surface area contributed by atoms with Crippen molar-refractivity contribution in [3.8, 4) is 0 Å². The van der Waals surface area contributed by atoms with Crippen LogP contribution in [0.25, 0.3) is 0 Å². The molecule has 0 amide bonds. The normalized spacial score (nSPS) is 16.1. The summed E-state index contributed by atoms with van der Waals surface area (Å²) >= 11 is 0. The van der Waals surface area contributed by atoms with Crippen molar-refractivity contribution in [2.45, 2.75) is 26.2 Å². The summed E-state index contributed by atoms with van der Waals surface area (Å²) in [6.45, 7) is 3.46. The van der Waals surface area contributed by atoms with Gasteiger partial charge in [-0.25, -0.2) is 0 Å². The van der Waals surface area contributed by atoms with Crippen LogP contribution >= 0.6 is 0 Å². The van der Waals surface area contributed by atoms with Gasteiger partial charge in [0.25, 0.3) is 5.69 Å². The van der Waals surface area contributed by atoms with Crippen LogP contribution in [-0.2, 0) is 4.74 Å². The number of methoxy groups -OCH3 is 1. The van der Waals surface area contributed by atoms with Crippen LogP contribution in [0, 0.1) is 22.5 Å². The molecule has 1 aromatic rings. The number of aryl methyl sites for hydroxylation is 1. The van der Waals surface area contributed by atoms with Gasteiger partial charge in [-0.1, -0.05) is 6.07 Å². The number of rotatable bonds is 7. The molecule has 0 saturated heterocycles. The van der Waals surface area contributed by atoms with Gasteiger partial charge >= 0.3 is 0 Å². The predicted molar refractivity (Wildman–Crippen MR) is 74.5 cm³/mol. The zero-order valence-corrected chi connectivity index (χ0v) is 11.4. The lowest BCUT2D eigenvalue weighted by Crippen LogP contribution is -2.18. The van der Waals surface area contributed by atoms with Crippen molar-refractivity contribution >= 4 is 11.4 Å². The van der Waals surface area contributed by atoms with Crippen LogP contribution in [0.15, 0.2) is 18.2 Å². The summed E-state index contributed by atoms with van der Waals surface area (Å²) in [5.41, 5.74) is 2.06. The van der Waals surface area contributed by atoms with Crippen molar-refractivity contribution in [1.82, 2.24) is 0 Å². The Morgan fingerprint density at radius 2 is 2.21 bits per heavy atom. The summed E-state index contributed by atoms with van der Waals surface area (Å²) in [5.74, 6) is 0. The van der Waals surface area contributed by atoms with Gasteiger partial charge in [-0.05, 0) is 43.2 Å². The fraction of sp³-hybridized carbons (Fsp3) is 0.571. The molecule has 0 aromatic heterocycles. The quantitative estimate of drug-likeness (QED) is 0.607. The number of hydrogen-bond donors (Lipinski definition) is 1. The molecule has 1 saturated carbocycles. The van der Waals surface area contributed by atoms with Crippen LogP contribution in [0.5, 0.6) is 0 Å². The third kappa shape index (κ3) is 3.44. The maximum atomic E-state index is 11.0. The topological polar surface area (TPSA) is 64.4 Å². The largest absolute Gasteiger partial charge is 0.385 e. The van der Waals surface area contributed by atoms with E-state index < -0.39 is 0 Å². The molecule has 5 nitrogen and oxygen atoms in total. The van der Waals surface area contributed by atoms with E-state index in [1.807, 2.05) is 13.0 Å². The van der Waals surface area contributed by atoms with E-state index in [9.17, 15) is 10.1 Å². The van der Waals surface area contributed by atoms with Gasteiger partial charge in [0.05, 0.1) is 4.92 Å². The average molecular weight is 264 g/mol. The summed E-state index contributed by atoms with van der Waals surface area (Å²) in [5, 5.41) is 14.2. The molecule has 0 aliphatic heterocycles. The molecule has 0 atom stereocenters. The molecule has 0 bridgehead atoms. The van der Waals surface area contributed by atoms with Crippen molar-refractivity contribution in [2.24, 2.45) is 5.41 Å². The lowest BCUT2D eigenvalue weighted by molar-refractivity contribution is -0.384. The Kier molecular flexibility index (Phi) is 4.04. The van der Waals surface area contributed by atoms with Crippen LogP contribution < -0.4 is 5.32 Å². The number of nitrogens with one attached hydrogen (secondary N) is 1. The van der Waals surface area contributed by atoms with Gasteiger partial charge in [0.15, 0.2) is 0 Å². The Labute approximate surface area is 113 Å². The van der Waals surface area contributed by atoms with Crippen molar-refractivity contribution < 1.29 is 9.66 Å². The first kappa shape index (κ1) is 13.8. The maximum Gasteiger partial charge on any atom is 0.292 e. The number of hydrogen-bond acceptors (Lipinski definition) is 4. The number of nitro benzene ring substituents is 1. The fourth-order valence-electron chi connectivity index (χ4n) is 2.24. The number of nitrogens with zero attached hydrogens (tertiary/aromatic N) is 1. The molecule has 1 aliphatic carbocycles. The summed E-state index contributed by atoms with van der Waals surface area (Å²) in [7, 11) is 1.70. The first-order valence-electron chi connectivity index (χ1n) is 6.54. The summed E-state index contributed by atoms with van der Waals surface area (Å²) < 4.78 is 5.11. The molecule has 104 valence electrons. The number of nitro groups is 1. The minimum atomic E-state index is -0.337. The number of anilines is 1. The molecule has 0 heterocycles. The second-order valence-corrected chi connectivity index (χ2v) is 5.37. The van der Waals surface area contributed by atoms with Crippen molar-refractivity contribution in [3.05, 3.63) is 33.9 Å². The van der Waals surface area contributed by atoms with Crippen LogP contribution in [0.1, 0.15) is 24.8 Å². The number of benzene rings is 1. The van der Waals surface area contributed by atoms with E-state index in [4.69, 9.17) is 4.74 Å². The molecule has 0 radical (unpaired) electrons. The van der Waals surface area contributed by atoms with Gasteiger partial charge in [0, 0.05) is 26.3 Å². The number of ether oxygens (including phenoxy) is 1. The van der Waals surface area contributed by atoms with E-state index in [0.29, 0.717) is 5.69 Å². The molecule has 1 aromatic carbocycles.